The summed E-state index contributed by atoms with van der Waals surface area (Å²) in [5.74, 6) is -0.583. The van der Waals surface area contributed by atoms with Crippen LogP contribution < -0.4 is 15.4 Å². The monoisotopic (exact) mass is 463 g/mol. The van der Waals surface area contributed by atoms with Crippen LogP contribution in [0, 0.1) is 0 Å². The van der Waals surface area contributed by atoms with Crippen LogP contribution in [-0.2, 0) is 19.6 Å². The lowest BCUT2D eigenvalue weighted by Crippen LogP contribution is -2.47. The quantitative estimate of drug-likeness (QED) is 0.481. The Balaban J connectivity index is 1.68. The molecule has 2 aliphatic heterocycles. The van der Waals surface area contributed by atoms with E-state index in [2.05, 4.69) is 20.3 Å². The molecule has 4 amide bonds. The Morgan fingerprint density at radius 3 is 2.56 bits per heavy atom. The summed E-state index contributed by atoms with van der Waals surface area (Å²) >= 11 is 0. The molecule has 2 heterocycles. The first-order chi connectivity index (χ1) is 15.2. The number of sulfonamides is 1. The highest BCUT2D eigenvalue weighted by molar-refractivity contribution is 7.90. The van der Waals surface area contributed by atoms with Gasteiger partial charge in [0, 0.05) is 18.7 Å². The van der Waals surface area contributed by atoms with Gasteiger partial charge in [-0.3, -0.25) is 24.2 Å². The molecule has 2 aliphatic rings. The third kappa shape index (κ3) is 5.09. The van der Waals surface area contributed by atoms with Gasteiger partial charge in [0.15, 0.2) is 0 Å². The molecule has 11 heteroatoms. The summed E-state index contributed by atoms with van der Waals surface area (Å²) in [4.78, 5) is 42.9. The number of nitrogens with one attached hydrogen (secondary N) is 3. The number of hydrogen-bond acceptors (Lipinski definition) is 6. The molecule has 174 valence electrons. The largest absolute Gasteiger partial charge is 0.325 e. The molecule has 10 nitrogen and oxygen atoms in total. The van der Waals surface area contributed by atoms with Gasteiger partial charge in [-0.15, -0.1) is 0 Å². The smallest absolute Gasteiger partial charge is 0.324 e. The summed E-state index contributed by atoms with van der Waals surface area (Å²) in [5.41, 5.74) is -0.726. The second-order valence-corrected chi connectivity index (χ2v) is 9.70. The number of carbonyl (C=O) groups is 3. The average Bonchev–Trinajstić information content (AvgIpc) is 3.31. The second kappa shape index (κ2) is 9.68. The molecule has 0 aliphatic carbocycles. The van der Waals surface area contributed by atoms with Gasteiger partial charge in [-0.05, 0) is 37.5 Å². The van der Waals surface area contributed by atoms with Gasteiger partial charge in [-0.1, -0.05) is 32.8 Å². The molecular formula is C21H29N5O5S. The molecule has 0 bridgehead atoms. The maximum Gasteiger partial charge on any atom is 0.325 e. The van der Waals surface area contributed by atoms with E-state index >= 15 is 0 Å². The minimum Gasteiger partial charge on any atom is -0.324 e. The van der Waals surface area contributed by atoms with Crippen molar-refractivity contribution >= 4 is 39.4 Å². The van der Waals surface area contributed by atoms with Gasteiger partial charge >= 0.3 is 6.03 Å². The van der Waals surface area contributed by atoms with Crippen molar-refractivity contribution in [2.24, 2.45) is 4.99 Å². The summed E-state index contributed by atoms with van der Waals surface area (Å²) in [6, 6.07) is 5.18. The number of rotatable bonds is 9. The first-order valence-corrected chi connectivity index (χ1v) is 12.3. The predicted molar refractivity (Wildman–Crippen MR) is 120 cm³/mol. The molecule has 1 aromatic rings. The molecule has 1 saturated heterocycles. The molecule has 0 spiro atoms. The third-order valence-corrected chi connectivity index (χ3v) is 6.83. The number of aliphatic imine (C=N–C) groups is 1. The number of imide groups is 1. The van der Waals surface area contributed by atoms with Crippen LogP contribution in [0.4, 0.5) is 10.5 Å². The number of amidine groups is 1. The number of anilines is 1. The fraction of sp³-hybridized carbons (Fsp3) is 0.524. The molecule has 1 aromatic carbocycles. The maximum absolute atomic E-state index is 12.9. The zero-order valence-corrected chi connectivity index (χ0v) is 19.1. The lowest BCUT2D eigenvalue weighted by molar-refractivity contribution is -0.134. The van der Waals surface area contributed by atoms with Crippen molar-refractivity contribution in [1.82, 2.24) is 14.9 Å². The van der Waals surface area contributed by atoms with E-state index in [4.69, 9.17) is 0 Å². The van der Waals surface area contributed by atoms with Crippen molar-refractivity contribution in [2.45, 2.75) is 62.8 Å². The van der Waals surface area contributed by atoms with Crippen LogP contribution in [-0.4, -0.2) is 55.6 Å². The van der Waals surface area contributed by atoms with Gasteiger partial charge in [-0.25, -0.2) is 13.2 Å². The van der Waals surface area contributed by atoms with Crippen LogP contribution in [0.1, 0.15) is 52.4 Å². The van der Waals surface area contributed by atoms with Gasteiger partial charge in [0.05, 0.1) is 4.90 Å². The van der Waals surface area contributed by atoms with E-state index in [0.29, 0.717) is 44.5 Å². The molecule has 0 atom stereocenters. The van der Waals surface area contributed by atoms with E-state index in [1.807, 2.05) is 13.8 Å². The number of hydrogen-bond donors (Lipinski definition) is 3. The number of amides is 4. The summed E-state index contributed by atoms with van der Waals surface area (Å²) in [7, 11) is -3.83. The Kier molecular flexibility index (Phi) is 7.17. The Labute approximate surface area is 187 Å². The normalized spacial score (nSPS) is 17.8. The summed E-state index contributed by atoms with van der Waals surface area (Å²) in [5, 5.41) is 5.33. The topological polar surface area (TPSA) is 137 Å². The van der Waals surface area contributed by atoms with E-state index in [1.165, 1.54) is 24.3 Å². The van der Waals surface area contributed by atoms with E-state index < -0.39 is 40.0 Å². The number of carbonyl (C=O) groups excluding carboxylic acids is 3. The van der Waals surface area contributed by atoms with Gasteiger partial charge in [0.25, 0.3) is 15.9 Å². The van der Waals surface area contributed by atoms with Crippen LogP contribution in [0.3, 0.4) is 0 Å². The maximum atomic E-state index is 12.9. The summed E-state index contributed by atoms with van der Waals surface area (Å²) < 4.78 is 27.6. The van der Waals surface area contributed by atoms with Crippen LogP contribution in [0.25, 0.3) is 0 Å². The Morgan fingerprint density at radius 1 is 1.22 bits per heavy atom. The Hall–Kier alpha value is -2.95. The standard InChI is InChI=1S/C21H29N5O5S/c1-3-10-21(11-4-2)19(28)26(20(29)24-21)14-18(27)23-15-7-5-8-16(13-15)32(30,31)25-17-9-6-12-22-17/h5,7-8,13H,3-4,6,9-12,14H2,1-2H3,(H,22,25)(H,23,27)(H,24,29). The minimum absolute atomic E-state index is 0.0233. The summed E-state index contributed by atoms with van der Waals surface area (Å²) in [6.07, 6.45) is 3.80. The zero-order chi connectivity index (χ0) is 23.4. The Bertz CT molecular complexity index is 1030. The van der Waals surface area contributed by atoms with E-state index in [1.54, 1.807) is 0 Å². The summed E-state index contributed by atoms with van der Waals surface area (Å²) in [6.45, 7) is 4.00. The lowest BCUT2D eigenvalue weighted by Gasteiger charge is -2.25. The van der Waals surface area contributed by atoms with Crippen LogP contribution in [0.15, 0.2) is 34.2 Å². The van der Waals surface area contributed by atoms with Crippen molar-refractivity contribution < 1.29 is 22.8 Å². The van der Waals surface area contributed by atoms with Crippen molar-refractivity contribution in [1.29, 1.82) is 0 Å². The lowest BCUT2D eigenvalue weighted by atomic mass is 9.88. The van der Waals surface area contributed by atoms with Crippen LogP contribution in [0.5, 0.6) is 0 Å². The van der Waals surface area contributed by atoms with Crippen molar-refractivity contribution in [3.8, 4) is 0 Å². The van der Waals surface area contributed by atoms with Gasteiger partial charge in [0.1, 0.15) is 17.9 Å². The number of nitrogens with zero attached hydrogens (tertiary/aromatic N) is 2. The van der Waals surface area contributed by atoms with Crippen molar-refractivity contribution in [3.63, 3.8) is 0 Å². The fourth-order valence-electron chi connectivity index (χ4n) is 4.06. The van der Waals surface area contributed by atoms with Gasteiger partial charge in [0.2, 0.25) is 5.91 Å². The molecule has 1 fully saturated rings. The van der Waals surface area contributed by atoms with E-state index in [9.17, 15) is 22.8 Å². The highest BCUT2D eigenvalue weighted by Crippen LogP contribution is 2.28. The second-order valence-electron chi connectivity index (χ2n) is 8.02. The third-order valence-electron chi connectivity index (χ3n) is 5.46. The molecule has 0 radical (unpaired) electrons. The molecule has 0 unspecified atom stereocenters. The molecular weight excluding hydrogens is 434 g/mol. The Morgan fingerprint density at radius 2 is 1.94 bits per heavy atom. The van der Waals surface area contributed by atoms with E-state index in [0.717, 1.165) is 11.3 Å². The molecule has 0 aromatic heterocycles. The SMILES string of the molecule is CCCC1(CCC)NC(=O)N(CC(=O)Nc2cccc(S(=O)(=O)NC3=NCCC3)c2)C1=O. The zero-order valence-electron chi connectivity index (χ0n) is 18.3. The van der Waals surface area contributed by atoms with Gasteiger partial charge < -0.3 is 10.6 Å². The number of benzene rings is 1. The first-order valence-electron chi connectivity index (χ1n) is 10.8. The predicted octanol–water partition coefficient (Wildman–Crippen LogP) is 1.99. The van der Waals surface area contributed by atoms with Gasteiger partial charge in [-0.2, -0.15) is 0 Å². The molecule has 3 N–H and O–H groups in total. The highest BCUT2D eigenvalue weighted by atomic mass is 32.2. The van der Waals surface area contributed by atoms with Crippen molar-refractivity contribution in [3.05, 3.63) is 24.3 Å². The number of urea groups is 1. The molecule has 3 rings (SSSR count). The first kappa shape index (κ1) is 23.7. The molecule has 32 heavy (non-hydrogen) atoms. The minimum atomic E-state index is -3.83. The van der Waals surface area contributed by atoms with Crippen LogP contribution in [0.2, 0.25) is 0 Å². The fourth-order valence-corrected chi connectivity index (χ4v) is 5.19. The highest BCUT2D eigenvalue weighted by Gasteiger charge is 2.50. The van der Waals surface area contributed by atoms with E-state index in [-0.39, 0.29) is 10.6 Å². The molecule has 0 saturated carbocycles. The van der Waals surface area contributed by atoms with Crippen LogP contribution >= 0.6 is 0 Å². The average molecular weight is 464 g/mol. The van der Waals surface area contributed by atoms with Crippen molar-refractivity contribution in [2.75, 3.05) is 18.4 Å².